The van der Waals surface area contributed by atoms with E-state index in [1.165, 1.54) is 28.9 Å². The zero-order valence-electron chi connectivity index (χ0n) is 11.2. The summed E-state index contributed by atoms with van der Waals surface area (Å²) < 4.78 is 41.2. The number of rotatable bonds is 3. The largest absolute Gasteiger partial charge is 0.390 e. The Morgan fingerprint density at radius 3 is 2.14 bits per heavy atom. The van der Waals surface area contributed by atoms with E-state index in [2.05, 4.69) is 10.3 Å². The third-order valence-electron chi connectivity index (χ3n) is 3.10. The summed E-state index contributed by atoms with van der Waals surface area (Å²) >= 11 is 0. The van der Waals surface area contributed by atoms with Gasteiger partial charge < -0.3 is 5.11 Å². The topological polar surface area (TPSA) is 50.9 Å². The highest BCUT2D eigenvalue weighted by atomic mass is 19.1. The Morgan fingerprint density at radius 1 is 0.909 bits per heavy atom. The summed E-state index contributed by atoms with van der Waals surface area (Å²) in [6, 6.07) is 8.32. The zero-order chi connectivity index (χ0) is 15.7. The van der Waals surface area contributed by atoms with E-state index in [-0.39, 0.29) is 17.0 Å². The van der Waals surface area contributed by atoms with Crippen molar-refractivity contribution < 1.29 is 18.3 Å². The number of nitrogens with zero attached hydrogens (tertiary/aromatic N) is 3. The first-order valence-electron chi connectivity index (χ1n) is 6.36. The lowest BCUT2D eigenvalue weighted by Gasteiger charge is -2.08. The third kappa shape index (κ3) is 2.58. The van der Waals surface area contributed by atoms with Crippen LogP contribution in [0.15, 0.2) is 42.5 Å². The van der Waals surface area contributed by atoms with E-state index >= 15 is 0 Å². The fourth-order valence-electron chi connectivity index (χ4n) is 2.16. The molecule has 7 heteroatoms. The van der Waals surface area contributed by atoms with Crippen LogP contribution in [0.4, 0.5) is 13.2 Å². The summed E-state index contributed by atoms with van der Waals surface area (Å²) in [7, 11) is 0. The van der Waals surface area contributed by atoms with Crippen LogP contribution in [-0.4, -0.2) is 20.1 Å². The lowest BCUT2D eigenvalue weighted by Crippen LogP contribution is -2.01. The first-order chi connectivity index (χ1) is 10.6. The van der Waals surface area contributed by atoms with Crippen molar-refractivity contribution in [1.82, 2.24) is 15.0 Å². The Bertz CT molecular complexity index is 795. The van der Waals surface area contributed by atoms with Gasteiger partial charge in [-0.3, -0.25) is 0 Å². The van der Waals surface area contributed by atoms with E-state index in [1.807, 2.05) is 0 Å². The molecule has 1 heterocycles. The van der Waals surface area contributed by atoms with E-state index in [4.69, 9.17) is 0 Å². The van der Waals surface area contributed by atoms with Crippen LogP contribution in [0.1, 0.15) is 5.69 Å². The number of hydrogen-bond acceptors (Lipinski definition) is 3. The Hall–Kier alpha value is -2.67. The Balaban J connectivity index is 2.21. The fraction of sp³-hybridized carbons (Fsp3) is 0.0667. The SMILES string of the molecule is OCc1nnn(-c2ccc(F)cc2)c1-c1cc(F)cc(F)c1. The van der Waals surface area contributed by atoms with Gasteiger partial charge in [-0.25, -0.2) is 17.9 Å². The van der Waals surface area contributed by atoms with Gasteiger partial charge in [-0.1, -0.05) is 5.21 Å². The summed E-state index contributed by atoms with van der Waals surface area (Å²) in [5, 5.41) is 17.0. The lowest BCUT2D eigenvalue weighted by atomic mass is 10.1. The van der Waals surface area contributed by atoms with E-state index in [9.17, 15) is 18.3 Å². The molecule has 0 aliphatic heterocycles. The average molecular weight is 305 g/mol. The number of halogens is 3. The zero-order valence-corrected chi connectivity index (χ0v) is 11.2. The molecule has 0 amide bonds. The van der Waals surface area contributed by atoms with Gasteiger partial charge >= 0.3 is 0 Å². The molecule has 0 atom stereocenters. The standard InChI is InChI=1S/C15H10F3N3O/c16-10-1-3-13(4-2-10)21-15(14(8-22)19-20-21)9-5-11(17)7-12(18)6-9/h1-7,22H,8H2. The van der Waals surface area contributed by atoms with Crippen molar-refractivity contribution in [2.45, 2.75) is 6.61 Å². The van der Waals surface area contributed by atoms with E-state index in [0.29, 0.717) is 5.69 Å². The van der Waals surface area contributed by atoms with Crippen LogP contribution < -0.4 is 0 Å². The molecule has 0 spiro atoms. The van der Waals surface area contributed by atoms with Gasteiger partial charge in [0.05, 0.1) is 12.3 Å². The number of aliphatic hydroxyl groups is 1. The Labute approximate surface area is 123 Å². The van der Waals surface area contributed by atoms with E-state index < -0.39 is 24.1 Å². The highest BCUT2D eigenvalue weighted by Gasteiger charge is 2.17. The van der Waals surface area contributed by atoms with Gasteiger partial charge in [0.15, 0.2) is 0 Å². The maximum Gasteiger partial charge on any atom is 0.126 e. The predicted octanol–water partition coefficient (Wildman–Crippen LogP) is 2.84. The van der Waals surface area contributed by atoms with Crippen LogP contribution in [0.5, 0.6) is 0 Å². The first-order valence-corrected chi connectivity index (χ1v) is 6.36. The Kier molecular flexibility index (Phi) is 3.64. The molecule has 0 saturated heterocycles. The molecular weight excluding hydrogens is 295 g/mol. The van der Waals surface area contributed by atoms with Crippen molar-refractivity contribution in [2.24, 2.45) is 0 Å². The maximum atomic E-state index is 13.4. The number of benzene rings is 2. The molecule has 0 bridgehead atoms. The minimum atomic E-state index is -0.759. The molecule has 0 aliphatic rings. The molecule has 4 nitrogen and oxygen atoms in total. The molecule has 1 N–H and O–H groups in total. The summed E-state index contributed by atoms with van der Waals surface area (Å²) in [5.41, 5.74) is 1.03. The highest BCUT2D eigenvalue weighted by Crippen LogP contribution is 2.27. The molecule has 112 valence electrons. The monoisotopic (exact) mass is 305 g/mol. The molecule has 3 aromatic rings. The predicted molar refractivity (Wildman–Crippen MR) is 72.6 cm³/mol. The van der Waals surface area contributed by atoms with Crippen molar-refractivity contribution in [3.8, 4) is 16.9 Å². The molecule has 3 rings (SSSR count). The van der Waals surface area contributed by atoms with Crippen molar-refractivity contribution in [3.05, 3.63) is 65.6 Å². The summed E-state index contributed by atoms with van der Waals surface area (Å²) in [5.74, 6) is -1.94. The van der Waals surface area contributed by atoms with Crippen LogP contribution in [-0.2, 0) is 6.61 Å². The van der Waals surface area contributed by atoms with Crippen molar-refractivity contribution >= 4 is 0 Å². The quantitative estimate of drug-likeness (QED) is 0.809. The van der Waals surface area contributed by atoms with Crippen molar-refractivity contribution in [1.29, 1.82) is 0 Å². The van der Waals surface area contributed by atoms with Gasteiger partial charge in [0.25, 0.3) is 0 Å². The lowest BCUT2D eigenvalue weighted by molar-refractivity contribution is 0.277. The minimum Gasteiger partial charge on any atom is -0.390 e. The van der Waals surface area contributed by atoms with E-state index in [1.54, 1.807) is 0 Å². The highest BCUT2D eigenvalue weighted by molar-refractivity contribution is 5.64. The van der Waals surface area contributed by atoms with Crippen LogP contribution in [0.3, 0.4) is 0 Å². The Morgan fingerprint density at radius 2 is 1.55 bits per heavy atom. The summed E-state index contributed by atoms with van der Waals surface area (Å²) in [6.07, 6.45) is 0. The maximum absolute atomic E-state index is 13.4. The van der Waals surface area contributed by atoms with Gasteiger partial charge in [-0.2, -0.15) is 0 Å². The number of aliphatic hydroxyl groups excluding tert-OH is 1. The molecule has 2 aromatic carbocycles. The molecule has 0 fully saturated rings. The van der Waals surface area contributed by atoms with Crippen LogP contribution in [0.25, 0.3) is 16.9 Å². The molecule has 0 aliphatic carbocycles. The van der Waals surface area contributed by atoms with Crippen molar-refractivity contribution in [2.75, 3.05) is 0 Å². The van der Waals surface area contributed by atoms with Crippen LogP contribution in [0.2, 0.25) is 0 Å². The minimum absolute atomic E-state index is 0.161. The smallest absolute Gasteiger partial charge is 0.126 e. The second-order valence-corrected chi connectivity index (χ2v) is 4.59. The third-order valence-corrected chi connectivity index (χ3v) is 3.10. The van der Waals surface area contributed by atoms with Gasteiger partial charge in [-0.05, 0) is 36.4 Å². The van der Waals surface area contributed by atoms with Gasteiger partial charge in [0.1, 0.15) is 28.8 Å². The number of aromatic nitrogens is 3. The molecule has 0 unspecified atom stereocenters. The normalized spacial score (nSPS) is 10.9. The van der Waals surface area contributed by atoms with E-state index in [0.717, 1.165) is 18.2 Å². The summed E-state index contributed by atoms with van der Waals surface area (Å²) in [6.45, 7) is -0.450. The molecular formula is C15H10F3N3O. The van der Waals surface area contributed by atoms with Crippen molar-refractivity contribution in [3.63, 3.8) is 0 Å². The van der Waals surface area contributed by atoms with Gasteiger partial charge in [0.2, 0.25) is 0 Å². The van der Waals surface area contributed by atoms with Gasteiger partial charge in [0, 0.05) is 11.6 Å². The number of hydrogen-bond donors (Lipinski definition) is 1. The molecule has 0 radical (unpaired) electrons. The molecule has 1 aromatic heterocycles. The summed E-state index contributed by atoms with van der Waals surface area (Å²) in [4.78, 5) is 0. The first kappa shape index (κ1) is 14.3. The fourth-order valence-corrected chi connectivity index (χ4v) is 2.16. The molecule has 0 saturated carbocycles. The average Bonchev–Trinajstić information content (AvgIpc) is 2.91. The second-order valence-electron chi connectivity index (χ2n) is 4.59. The van der Waals surface area contributed by atoms with Gasteiger partial charge in [-0.15, -0.1) is 5.10 Å². The second kappa shape index (κ2) is 5.61. The van der Waals surface area contributed by atoms with Crippen LogP contribution >= 0.6 is 0 Å². The molecule has 22 heavy (non-hydrogen) atoms. The van der Waals surface area contributed by atoms with Crippen LogP contribution in [0, 0.1) is 17.5 Å².